The number of hydrogen-bond donors (Lipinski definition) is 2. The molecule has 28 heavy (non-hydrogen) atoms. The summed E-state index contributed by atoms with van der Waals surface area (Å²) < 4.78 is 11.0. The van der Waals surface area contributed by atoms with E-state index < -0.39 is 0 Å². The fourth-order valence-corrected chi connectivity index (χ4v) is 3.53. The van der Waals surface area contributed by atoms with Gasteiger partial charge >= 0.3 is 0 Å². The maximum absolute atomic E-state index is 12.4. The van der Waals surface area contributed by atoms with Crippen molar-refractivity contribution < 1.29 is 19.1 Å². The van der Waals surface area contributed by atoms with Crippen molar-refractivity contribution in [2.24, 2.45) is 5.92 Å². The molecule has 1 aliphatic carbocycles. The van der Waals surface area contributed by atoms with E-state index in [4.69, 9.17) is 9.47 Å². The molecular formula is C22H24N2O4. The molecule has 2 N–H and O–H groups in total. The standard InChI is InChI=1S/C22H24N2O4/c25-21(13-18(16-6-7-16)15-4-2-1-3-5-15)23-14-22(26)24-17-8-9-19-20(12-17)28-11-10-27-19/h1-5,8-9,12,16,18H,6-7,10-11,13-14H2,(H,23,25)(H,24,26). The largest absolute Gasteiger partial charge is 0.486 e. The van der Waals surface area contributed by atoms with Crippen molar-refractivity contribution >= 4 is 17.5 Å². The van der Waals surface area contributed by atoms with Crippen LogP contribution in [0.3, 0.4) is 0 Å². The summed E-state index contributed by atoms with van der Waals surface area (Å²) in [5, 5.41) is 5.52. The van der Waals surface area contributed by atoms with Crippen molar-refractivity contribution in [3.63, 3.8) is 0 Å². The third kappa shape index (κ3) is 4.63. The molecule has 0 radical (unpaired) electrons. The highest BCUT2D eigenvalue weighted by molar-refractivity contribution is 5.94. The summed E-state index contributed by atoms with van der Waals surface area (Å²) in [5.41, 5.74) is 1.81. The van der Waals surface area contributed by atoms with E-state index in [2.05, 4.69) is 22.8 Å². The molecule has 2 amide bonds. The van der Waals surface area contributed by atoms with Crippen LogP contribution in [-0.4, -0.2) is 31.6 Å². The SMILES string of the molecule is O=C(CC(c1ccccc1)C1CC1)NCC(=O)Nc1ccc2c(c1)OCCO2. The number of nitrogens with one attached hydrogen (secondary N) is 2. The predicted octanol–water partition coefficient (Wildman–Crippen LogP) is 3.10. The van der Waals surface area contributed by atoms with Crippen LogP contribution in [0.15, 0.2) is 48.5 Å². The van der Waals surface area contributed by atoms with Gasteiger partial charge in [0.2, 0.25) is 11.8 Å². The number of fused-ring (bicyclic) bond motifs is 1. The van der Waals surface area contributed by atoms with Crippen LogP contribution in [0.5, 0.6) is 11.5 Å². The maximum atomic E-state index is 12.4. The Balaban J connectivity index is 1.28. The number of benzene rings is 2. The molecule has 0 aromatic heterocycles. The molecule has 0 saturated heterocycles. The number of rotatable bonds is 7. The number of anilines is 1. The second kappa shape index (κ2) is 8.33. The van der Waals surface area contributed by atoms with Gasteiger partial charge in [-0.05, 0) is 42.4 Å². The summed E-state index contributed by atoms with van der Waals surface area (Å²) in [4.78, 5) is 24.6. The van der Waals surface area contributed by atoms with Crippen molar-refractivity contribution in [3.8, 4) is 11.5 Å². The molecule has 4 rings (SSSR count). The Morgan fingerprint density at radius 3 is 2.46 bits per heavy atom. The van der Waals surface area contributed by atoms with Gasteiger partial charge in [0.1, 0.15) is 13.2 Å². The molecule has 1 heterocycles. The highest BCUT2D eigenvalue weighted by atomic mass is 16.6. The van der Waals surface area contributed by atoms with Gasteiger partial charge in [0.15, 0.2) is 11.5 Å². The minimum absolute atomic E-state index is 0.0561. The van der Waals surface area contributed by atoms with Crippen LogP contribution >= 0.6 is 0 Å². The van der Waals surface area contributed by atoms with E-state index in [1.807, 2.05) is 18.2 Å². The number of amides is 2. The summed E-state index contributed by atoms with van der Waals surface area (Å²) in [6.07, 6.45) is 2.74. The Labute approximate surface area is 164 Å². The average Bonchev–Trinajstić information content (AvgIpc) is 3.56. The van der Waals surface area contributed by atoms with E-state index in [1.165, 1.54) is 5.56 Å². The zero-order valence-electron chi connectivity index (χ0n) is 15.6. The van der Waals surface area contributed by atoms with Crippen molar-refractivity contribution in [3.05, 3.63) is 54.1 Å². The molecule has 6 nitrogen and oxygen atoms in total. The zero-order valence-corrected chi connectivity index (χ0v) is 15.6. The molecular weight excluding hydrogens is 356 g/mol. The molecule has 6 heteroatoms. The van der Waals surface area contributed by atoms with Gasteiger partial charge in [-0.15, -0.1) is 0 Å². The van der Waals surface area contributed by atoms with Crippen molar-refractivity contribution in [2.45, 2.75) is 25.2 Å². The lowest BCUT2D eigenvalue weighted by atomic mass is 9.91. The number of carbonyl (C=O) groups excluding carboxylic acids is 2. The van der Waals surface area contributed by atoms with Crippen LogP contribution < -0.4 is 20.1 Å². The summed E-state index contributed by atoms with van der Waals surface area (Å²) in [6, 6.07) is 15.4. The molecule has 1 fully saturated rings. The van der Waals surface area contributed by atoms with Gasteiger partial charge in [0.25, 0.3) is 0 Å². The Kier molecular flexibility index (Phi) is 5.46. The monoisotopic (exact) mass is 380 g/mol. The minimum Gasteiger partial charge on any atom is -0.486 e. The first-order valence-electron chi connectivity index (χ1n) is 9.70. The highest BCUT2D eigenvalue weighted by Gasteiger charge is 2.33. The quantitative estimate of drug-likeness (QED) is 0.774. The lowest BCUT2D eigenvalue weighted by molar-refractivity contribution is -0.124. The third-order valence-electron chi connectivity index (χ3n) is 5.10. The summed E-state index contributed by atoms with van der Waals surface area (Å²) in [5.74, 6) is 1.71. The van der Waals surface area contributed by atoms with E-state index in [1.54, 1.807) is 18.2 Å². The first-order chi connectivity index (χ1) is 13.7. The second-order valence-electron chi connectivity index (χ2n) is 7.24. The van der Waals surface area contributed by atoms with Gasteiger partial charge in [-0.2, -0.15) is 0 Å². The zero-order chi connectivity index (χ0) is 19.3. The predicted molar refractivity (Wildman–Crippen MR) is 106 cm³/mol. The van der Waals surface area contributed by atoms with Crippen LogP contribution in [0.1, 0.15) is 30.7 Å². The summed E-state index contributed by atoms with van der Waals surface area (Å²) >= 11 is 0. The van der Waals surface area contributed by atoms with E-state index in [0.29, 0.717) is 42.7 Å². The molecule has 1 saturated carbocycles. The highest BCUT2D eigenvalue weighted by Crippen LogP contribution is 2.44. The topological polar surface area (TPSA) is 76.7 Å². The van der Waals surface area contributed by atoms with Gasteiger partial charge in [-0.3, -0.25) is 9.59 Å². The maximum Gasteiger partial charge on any atom is 0.243 e. The van der Waals surface area contributed by atoms with Crippen LogP contribution in [0, 0.1) is 5.92 Å². The molecule has 1 atom stereocenters. The van der Waals surface area contributed by atoms with E-state index >= 15 is 0 Å². The fourth-order valence-electron chi connectivity index (χ4n) is 3.53. The van der Waals surface area contributed by atoms with Crippen LogP contribution in [0.2, 0.25) is 0 Å². The molecule has 2 aromatic carbocycles. The molecule has 0 spiro atoms. The Morgan fingerprint density at radius 1 is 0.964 bits per heavy atom. The van der Waals surface area contributed by atoms with Crippen molar-refractivity contribution in [1.82, 2.24) is 5.32 Å². The number of ether oxygens (including phenoxy) is 2. The molecule has 0 bridgehead atoms. The molecule has 2 aliphatic rings. The van der Waals surface area contributed by atoms with Gasteiger partial charge < -0.3 is 20.1 Å². The smallest absolute Gasteiger partial charge is 0.243 e. The minimum atomic E-state index is -0.271. The van der Waals surface area contributed by atoms with Crippen molar-refractivity contribution in [2.75, 3.05) is 25.1 Å². The lowest BCUT2D eigenvalue weighted by Gasteiger charge is -2.19. The van der Waals surface area contributed by atoms with Gasteiger partial charge in [0, 0.05) is 18.2 Å². The van der Waals surface area contributed by atoms with Crippen LogP contribution in [0.4, 0.5) is 5.69 Å². The Bertz CT molecular complexity index is 849. The Hall–Kier alpha value is -3.02. The number of carbonyl (C=O) groups is 2. The van der Waals surface area contributed by atoms with Gasteiger partial charge in [-0.25, -0.2) is 0 Å². The van der Waals surface area contributed by atoms with Crippen molar-refractivity contribution in [1.29, 1.82) is 0 Å². The fraction of sp³-hybridized carbons (Fsp3) is 0.364. The second-order valence-corrected chi connectivity index (χ2v) is 7.24. The Morgan fingerprint density at radius 2 is 1.71 bits per heavy atom. The normalized spacial score (nSPS) is 16.1. The van der Waals surface area contributed by atoms with Gasteiger partial charge in [-0.1, -0.05) is 30.3 Å². The summed E-state index contributed by atoms with van der Waals surface area (Å²) in [6.45, 7) is 0.957. The molecule has 1 aliphatic heterocycles. The first-order valence-corrected chi connectivity index (χ1v) is 9.70. The third-order valence-corrected chi connectivity index (χ3v) is 5.10. The molecule has 2 aromatic rings. The molecule has 1 unspecified atom stereocenters. The van der Waals surface area contributed by atoms with Gasteiger partial charge in [0.05, 0.1) is 6.54 Å². The van der Waals surface area contributed by atoms with E-state index in [9.17, 15) is 9.59 Å². The molecule has 146 valence electrons. The first kappa shape index (κ1) is 18.3. The lowest BCUT2D eigenvalue weighted by Crippen LogP contribution is -2.33. The number of hydrogen-bond acceptors (Lipinski definition) is 4. The van der Waals surface area contributed by atoms with Crippen LogP contribution in [-0.2, 0) is 9.59 Å². The van der Waals surface area contributed by atoms with Crippen LogP contribution in [0.25, 0.3) is 0 Å². The van der Waals surface area contributed by atoms with E-state index in [-0.39, 0.29) is 24.3 Å². The average molecular weight is 380 g/mol. The summed E-state index contributed by atoms with van der Waals surface area (Å²) in [7, 11) is 0. The van der Waals surface area contributed by atoms with E-state index in [0.717, 1.165) is 12.8 Å².